The summed E-state index contributed by atoms with van der Waals surface area (Å²) in [6, 6.07) is 12.5. The second-order valence-electron chi connectivity index (χ2n) is 4.82. The van der Waals surface area contributed by atoms with E-state index in [1.165, 1.54) is 6.21 Å². The average Bonchev–Trinajstić information content (AvgIpc) is 2.57. The fraction of sp³-hybridized carbons (Fsp3) is 0.176. The van der Waals surface area contributed by atoms with Gasteiger partial charge in [0.25, 0.3) is 0 Å². The van der Waals surface area contributed by atoms with E-state index >= 15 is 0 Å². The van der Waals surface area contributed by atoms with E-state index in [2.05, 4.69) is 10.5 Å². The maximum Gasteiger partial charge on any atom is 0.244 e. The van der Waals surface area contributed by atoms with Gasteiger partial charge in [-0.1, -0.05) is 12.1 Å². The number of nitrogen functional groups attached to an aromatic ring is 1. The van der Waals surface area contributed by atoms with Crippen molar-refractivity contribution in [1.29, 1.82) is 0 Å². The van der Waals surface area contributed by atoms with Gasteiger partial charge in [0.05, 0.1) is 26.9 Å². The van der Waals surface area contributed by atoms with Crippen molar-refractivity contribution in [3.8, 4) is 11.5 Å². The second kappa shape index (κ2) is 7.84. The number of nitrogens with two attached hydrogens (primary N) is 1. The SMILES string of the molecule is COc1ccc(/C=N\NC(=O)Cc2ccc(N)cc2)c(OC)c1. The van der Waals surface area contributed by atoms with Crippen LogP contribution in [0.4, 0.5) is 5.69 Å². The zero-order valence-corrected chi connectivity index (χ0v) is 13.1. The third-order valence-corrected chi connectivity index (χ3v) is 3.18. The van der Waals surface area contributed by atoms with Crippen molar-refractivity contribution in [3.05, 3.63) is 53.6 Å². The number of hydrogen-bond acceptors (Lipinski definition) is 5. The van der Waals surface area contributed by atoms with Gasteiger partial charge in [-0.25, -0.2) is 5.43 Å². The van der Waals surface area contributed by atoms with Gasteiger partial charge in [-0.05, 0) is 29.8 Å². The molecular weight excluding hydrogens is 294 g/mol. The van der Waals surface area contributed by atoms with Gasteiger partial charge in [0, 0.05) is 17.3 Å². The van der Waals surface area contributed by atoms with Gasteiger partial charge in [0.15, 0.2) is 0 Å². The first-order chi connectivity index (χ1) is 11.1. The van der Waals surface area contributed by atoms with Crippen LogP contribution in [0.25, 0.3) is 0 Å². The first-order valence-electron chi connectivity index (χ1n) is 7.00. The Bertz CT molecular complexity index is 697. The molecule has 0 spiro atoms. The summed E-state index contributed by atoms with van der Waals surface area (Å²) >= 11 is 0. The van der Waals surface area contributed by atoms with E-state index < -0.39 is 0 Å². The van der Waals surface area contributed by atoms with Crippen LogP contribution < -0.4 is 20.6 Å². The first-order valence-corrected chi connectivity index (χ1v) is 7.00. The molecular formula is C17H19N3O3. The Hall–Kier alpha value is -3.02. The highest BCUT2D eigenvalue weighted by atomic mass is 16.5. The summed E-state index contributed by atoms with van der Waals surface area (Å²) in [4.78, 5) is 11.8. The van der Waals surface area contributed by atoms with Gasteiger partial charge in [-0.2, -0.15) is 5.10 Å². The molecule has 1 amide bonds. The lowest BCUT2D eigenvalue weighted by atomic mass is 10.1. The normalized spacial score (nSPS) is 10.5. The van der Waals surface area contributed by atoms with E-state index in [4.69, 9.17) is 15.2 Å². The molecule has 0 aromatic heterocycles. The number of methoxy groups -OCH3 is 2. The third kappa shape index (κ3) is 4.74. The molecule has 0 heterocycles. The van der Waals surface area contributed by atoms with Crippen molar-refractivity contribution in [1.82, 2.24) is 5.43 Å². The largest absolute Gasteiger partial charge is 0.497 e. The van der Waals surface area contributed by atoms with Crippen LogP contribution in [0.5, 0.6) is 11.5 Å². The quantitative estimate of drug-likeness (QED) is 0.485. The van der Waals surface area contributed by atoms with E-state index in [0.717, 1.165) is 11.1 Å². The number of nitrogens with one attached hydrogen (secondary N) is 1. The van der Waals surface area contributed by atoms with E-state index in [1.54, 1.807) is 44.6 Å². The van der Waals surface area contributed by atoms with Gasteiger partial charge in [-0.3, -0.25) is 4.79 Å². The maximum atomic E-state index is 11.8. The summed E-state index contributed by atoms with van der Waals surface area (Å²) in [5, 5.41) is 3.95. The molecule has 0 saturated heterocycles. The van der Waals surface area contributed by atoms with Crippen LogP contribution in [0.3, 0.4) is 0 Å². The molecule has 0 bridgehead atoms. The minimum absolute atomic E-state index is 0.210. The molecule has 0 atom stereocenters. The zero-order chi connectivity index (χ0) is 16.7. The number of nitrogens with zero attached hydrogens (tertiary/aromatic N) is 1. The Morgan fingerprint density at radius 2 is 1.91 bits per heavy atom. The molecule has 2 aromatic carbocycles. The number of benzene rings is 2. The summed E-state index contributed by atoms with van der Waals surface area (Å²) < 4.78 is 10.4. The molecule has 0 radical (unpaired) electrons. The maximum absolute atomic E-state index is 11.8. The third-order valence-electron chi connectivity index (χ3n) is 3.18. The topological polar surface area (TPSA) is 85.9 Å². The van der Waals surface area contributed by atoms with Crippen LogP contribution in [0, 0.1) is 0 Å². The van der Waals surface area contributed by atoms with Crippen molar-refractivity contribution in [2.75, 3.05) is 20.0 Å². The molecule has 0 fully saturated rings. The molecule has 2 rings (SSSR count). The van der Waals surface area contributed by atoms with Gasteiger partial charge >= 0.3 is 0 Å². The predicted molar refractivity (Wildman–Crippen MR) is 89.8 cm³/mol. The molecule has 0 aliphatic heterocycles. The number of ether oxygens (including phenoxy) is 2. The molecule has 6 heteroatoms. The van der Waals surface area contributed by atoms with Crippen LogP contribution >= 0.6 is 0 Å². The fourth-order valence-corrected chi connectivity index (χ4v) is 1.96. The first kappa shape index (κ1) is 16.4. The van der Waals surface area contributed by atoms with E-state index in [0.29, 0.717) is 17.2 Å². The minimum atomic E-state index is -0.210. The Morgan fingerprint density at radius 3 is 2.57 bits per heavy atom. The monoisotopic (exact) mass is 313 g/mol. The lowest BCUT2D eigenvalue weighted by molar-refractivity contribution is -0.120. The van der Waals surface area contributed by atoms with E-state index in [1.807, 2.05) is 12.1 Å². The van der Waals surface area contributed by atoms with Crippen LogP contribution in [0.1, 0.15) is 11.1 Å². The number of amides is 1. The van der Waals surface area contributed by atoms with Crippen LogP contribution in [-0.2, 0) is 11.2 Å². The average molecular weight is 313 g/mol. The molecule has 0 unspecified atom stereocenters. The number of carbonyl (C=O) groups is 1. The van der Waals surface area contributed by atoms with Gasteiger partial charge in [-0.15, -0.1) is 0 Å². The molecule has 120 valence electrons. The molecule has 23 heavy (non-hydrogen) atoms. The molecule has 6 nitrogen and oxygen atoms in total. The van der Waals surface area contributed by atoms with Crippen molar-refractivity contribution < 1.29 is 14.3 Å². The van der Waals surface area contributed by atoms with Crippen molar-refractivity contribution in [3.63, 3.8) is 0 Å². The highest BCUT2D eigenvalue weighted by molar-refractivity contribution is 5.86. The number of anilines is 1. The summed E-state index contributed by atoms with van der Waals surface area (Å²) in [5.74, 6) is 1.09. The molecule has 0 aliphatic carbocycles. The molecule has 2 aromatic rings. The summed E-state index contributed by atoms with van der Waals surface area (Å²) in [6.07, 6.45) is 1.76. The van der Waals surface area contributed by atoms with Crippen molar-refractivity contribution in [2.24, 2.45) is 5.10 Å². The van der Waals surface area contributed by atoms with Gasteiger partial charge < -0.3 is 15.2 Å². The Kier molecular flexibility index (Phi) is 5.57. The number of rotatable bonds is 6. The fourth-order valence-electron chi connectivity index (χ4n) is 1.96. The molecule has 0 aliphatic rings. The lowest BCUT2D eigenvalue weighted by Gasteiger charge is -2.07. The minimum Gasteiger partial charge on any atom is -0.497 e. The predicted octanol–water partition coefficient (Wildman–Crippen LogP) is 1.98. The zero-order valence-electron chi connectivity index (χ0n) is 13.1. The van der Waals surface area contributed by atoms with Crippen LogP contribution in [0.2, 0.25) is 0 Å². The summed E-state index contributed by atoms with van der Waals surface area (Å²) in [5.41, 5.74) is 10.4. The number of hydrazone groups is 1. The Morgan fingerprint density at radius 1 is 1.17 bits per heavy atom. The lowest BCUT2D eigenvalue weighted by Crippen LogP contribution is -2.19. The summed E-state index contributed by atoms with van der Waals surface area (Å²) in [7, 11) is 3.14. The Labute approximate surface area is 134 Å². The van der Waals surface area contributed by atoms with Crippen LogP contribution in [0.15, 0.2) is 47.6 Å². The summed E-state index contributed by atoms with van der Waals surface area (Å²) in [6.45, 7) is 0. The smallest absolute Gasteiger partial charge is 0.244 e. The highest BCUT2D eigenvalue weighted by Gasteiger charge is 2.04. The molecule has 3 N–H and O–H groups in total. The highest BCUT2D eigenvalue weighted by Crippen LogP contribution is 2.22. The number of hydrogen-bond donors (Lipinski definition) is 2. The van der Waals surface area contributed by atoms with Crippen LogP contribution in [-0.4, -0.2) is 26.3 Å². The Balaban J connectivity index is 1.95. The van der Waals surface area contributed by atoms with Crippen molar-refractivity contribution in [2.45, 2.75) is 6.42 Å². The van der Waals surface area contributed by atoms with E-state index in [-0.39, 0.29) is 12.3 Å². The molecule has 0 saturated carbocycles. The second-order valence-corrected chi connectivity index (χ2v) is 4.82. The van der Waals surface area contributed by atoms with E-state index in [9.17, 15) is 4.79 Å². The van der Waals surface area contributed by atoms with Gasteiger partial charge in [0.1, 0.15) is 11.5 Å². The standard InChI is InChI=1S/C17H19N3O3/c1-22-15-8-5-13(16(10-15)23-2)11-19-20-17(21)9-12-3-6-14(18)7-4-12/h3-8,10-11H,9,18H2,1-2H3,(H,20,21)/b19-11-. The van der Waals surface area contributed by atoms with Gasteiger partial charge in [0.2, 0.25) is 5.91 Å². The van der Waals surface area contributed by atoms with Crippen molar-refractivity contribution >= 4 is 17.8 Å². The number of carbonyl (C=O) groups excluding carboxylic acids is 1.